The second-order valence-electron chi connectivity index (χ2n) is 3.13. The molecule has 1 atom stereocenters. The van der Waals surface area contributed by atoms with Crippen molar-refractivity contribution in [2.45, 2.75) is 19.4 Å². The normalized spacial score (nSPS) is 11.4. The number of aliphatic hydroxyl groups is 1. The summed E-state index contributed by atoms with van der Waals surface area (Å²) in [6.07, 6.45) is 0.349. The summed E-state index contributed by atoms with van der Waals surface area (Å²) in [5.74, 6) is -0.615. The first-order valence-corrected chi connectivity index (χ1v) is 4.74. The smallest absolute Gasteiger partial charge is 0.219 e. The Balaban J connectivity index is 0.00000225. The van der Waals surface area contributed by atoms with Crippen molar-refractivity contribution in [3.63, 3.8) is 0 Å². The Kier molecular flexibility index (Phi) is 7.65. The minimum absolute atomic E-state index is 0. The van der Waals surface area contributed by atoms with Crippen molar-refractivity contribution in [2.75, 3.05) is 6.61 Å². The molecule has 0 aliphatic rings. The van der Waals surface area contributed by atoms with Crippen molar-refractivity contribution in [2.24, 2.45) is 0 Å². The van der Waals surface area contributed by atoms with Gasteiger partial charge in [0.15, 0.2) is 0 Å². The maximum Gasteiger partial charge on any atom is 0.219 e. The number of nitrogens with one attached hydrogen (secondary N) is 1. The summed E-state index contributed by atoms with van der Waals surface area (Å²) in [6, 6.07) is 6.07. The van der Waals surface area contributed by atoms with Gasteiger partial charge in [0.05, 0.1) is 6.61 Å². The number of aliphatic hydroxyl groups excluding tert-OH is 1. The van der Waals surface area contributed by atoms with E-state index in [1.54, 1.807) is 6.92 Å². The molecule has 0 spiro atoms. The summed E-state index contributed by atoms with van der Waals surface area (Å²) >= 11 is 0. The first-order chi connectivity index (χ1) is 7.17. The molecule has 1 rings (SSSR count). The van der Waals surface area contributed by atoms with E-state index in [0.29, 0.717) is 12.0 Å². The number of amides is 1. The molecule has 0 fully saturated rings. The molecule has 0 radical (unpaired) electrons. The van der Waals surface area contributed by atoms with E-state index < -0.39 is 11.9 Å². The van der Waals surface area contributed by atoms with E-state index in [4.69, 9.17) is 5.11 Å². The molecular formula is C11H13FNO2U-. The fourth-order valence-electron chi connectivity index (χ4n) is 1.17. The van der Waals surface area contributed by atoms with Crippen molar-refractivity contribution >= 4 is 5.91 Å². The number of benzene rings is 1. The Morgan fingerprint density at radius 1 is 1.62 bits per heavy atom. The average molecular weight is 448 g/mol. The summed E-state index contributed by atoms with van der Waals surface area (Å²) in [4.78, 5) is 11.1. The second kappa shape index (κ2) is 7.83. The number of carbonyl (C=O) groups is 1. The van der Waals surface area contributed by atoms with Gasteiger partial charge in [-0.1, -0.05) is 6.92 Å². The third-order valence-corrected chi connectivity index (χ3v) is 2.04. The van der Waals surface area contributed by atoms with Gasteiger partial charge in [0.2, 0.25) is 5.91 Å². The molecule has 1 aromatic carbocycles. The zero-order valence-electron chi connectivity index (χ0n) is 8.96. The summed E-state index contributed by atoms with van der Waals surface area (Å²) in [6.45, 7) is 1.51. The molecule has 86 valence electrons. The van der Waals surface area contributed by atoms with E-state index in [1.165, 1.54) is 18.2 Å². The molecule has 5 heteroatoms. The van der Waals surface area contributed by atoms with Crippen LogP contribution in [-0.2, 0) is 4.79 Å². The van der Waals surface area contributed by atoms with Crippen LogP contribution in [0.1, 0.15) is 24.9 Å². The summed E-state index contributed by atoms with van der Waals surface area (Å²) in [5, 5.41) is 11.7. The topological polar surface area (TPSA) is 49.3 Å². The van der Waals surface area contributed by atoms with Crippen LogP contribution < -0.4 is 5.32 Å². The van der Waals surface area contributed by atoms with Crippen LogP contribution in [0.2, 0.25) is 0 Å². The summed E-state index contributed by atoms with van der Waals surface area (Å²) in [5.41, 5.74) is 0.640. The molecule has 0 saturated carbocycles. The zero-order valence-corrected chi connectivity index (χ0v) is 13.1. The third kappa shape index (κ3) is 4.65. The van der Waals surface area contributed by atoms with Crippen LogP contribution in [0.3, 0.4) is 0 Å². The molecule has 0 heterocycles. The Morgan fingerprint density at radius 3 is 2.75 bits per heavy atom. The molecule has 0 bridgehead atoms. The summed E-state index contributed by atoms with van der Waals surface area (Å²) in [7, 11) is 0. The number of carbonyl (C=O) groups excluding carboxylic acids is 1. The van der Waals surface area contributed by atoms with E-state index in [9.17, 15) is 9.18 Å². The van der Waals surface area contributed by atoms with Crippen molar-refractivity contribution < 1.29 is 45.4 Å². The van der Waals surface area contributed by atoms with Crippen molar-refractivity contribution in [3.05, 3.63) is 35.6 Å². The molecule has 0 aliphatic carbocycles. The van der Waals surface area contributed by atoms with E-state index in [-0.39, 0.29) is 43.6 Å². The Bertz CT molecular complexity index is 329. The maximum atomic E-state index is 12.6. The predicted octanol–water partition coefficient (Wildman–Crippen LogP) is 1.19. The molecule has 1 amide bonds. The van der Waals surface area contributed by atoms with Crippen LogP contribution in [0, 0.1) is 43.0 Å². The predicted molar refractivity (Wildman–Crippen MR) is 53.5 cm³/mol. The van der Waals surface area contributed by atoms with Gasteiger partial charge in [-0.15, -0.1) is 17.7 Å². The van der Waals surface area contributed by atoms with Gasteiger partial charge in [-0.2, -0.15) is 12.1 Å². The van der Waals surface area contributed by atoms with Crippen LogP contribution in [0.25, 0.3) is 0 Å². The van der Waals surface area contributed by atoms with Gasteiger partial charge >= 0.3 is 0 Å². The first-order valence-electron chi connectivity index (χ1n) is 4.74. The second-order valence-corrected chi connectivity index (χ2v) is 3.13. The van der Waals surface area contributed by atoms with E-state index in [1.807, 2.05) is 0 Å². The van der Waals surface area contributed by atoms with Crippen molar-refractivity contribution in [3.8, 4) is 0 Å². The van der Waals surface area contributed by atoms with Crippen LogP contribution >= 0.6 is 0 Å². The minimum Gasteiger partial charge on any atom is -0.395 e. The SMILES string of the molecule is CCC(=O)N[C@H](CO)c1c[c-]c(F)cc1.[U]. The third-order valence-electron chi connectivity index (χ3n) is 2.04. The van der Waals surface area contributed by atoms with Crippen LogP contribution in [0.4, 0.5) is 4.39 Å². The standard InChI is InChI=1S/C11H13FNO2.U/c1-2-11(15)13-10(7-14)8-3-5-9(12)6-4-8;/h3-5,10,14H,2,7H2,1H3,(H,13,15);/q-1;/t10-;/m1./s1. The Hall–Kier alpha value is -0.368. The van der Waals surface area contributed by atoms with Gasteiger partial charge in [-0.3, -0.25) is 4.79 Å². The van der Waals surface area contributed by atoms with E-state index in [0.717, 1.165) is 0 Å². The van der Waals surface area contributed by atoms with Crippen LogP contribution in [-0.4, -0.2) is 17.6 Å². The molecule has 0 unspecified atom stereocenters. The van der Waals surface area contributed by atoms with E-state index in [2.05, 4.69) is 11.4 Å². The molecule has 2 N–H and O–H groups in total. The van der Waals surface area contributed by atoms with Crippen molar-refractivity contribution in [1.82, 2.24) is 5.32 Å². The van der Waals surface area contributed by atoms with Gasteiger partial charge in [-0.25, -0.2) is 4.39 Å². The molecular weight excluding hydrogens is 435 g/mol. The van der Waals surface area contributed by atoms with Gasteiger partial charge in [0.25, 0.3) is 0 Å². The molecule has 3 nitrogen and oxygen atoms in total. The van der Waals surface area contributed by atoms with Gasteiger partial charge in [-0.05, 0) is 0 Å². The number of hydrogen-bond acceptors (Lipinski definition) is 2. The van der Waals surface area contributed by atoms with Crippen molar-refractivity contribution in [1.29, 1.82) is 0 Å². The first kappa shape index (κ1) is 15.6. The average Bonchev–Trinajstić information content (AvgIpc) is 2.27. The zero-order chi connectivity index (χ0) is 11.3. The monoisotopic (exact) mass is 448 g/mol. The Morgan fingerprint density at radius 2 is 2.31 bits per heavy atom. The quantitative estimate of drug-likeness (QED) is 0.681. The fourth-order valence-corrected chi connectivity index (χ4v) is 1.17. The maximum absolute atomic E-state index is 12.6. The van der Waals surface area contributed by atoms with Crippen LogP contribution in [0.5, 0.6) is 0 Å². The summed E-state index contributed by atoms with van der Waals surface area (Å²) < 4.78 is 12.6. The van der Waals surface area contributed by atoms with E-state index >= 15 is 0 Å². The largest absolute Gasteiger partial charge is 0.395 e. The van der Waals surface area contributed by atoms with Crippen LogP contribution in [0.15, 0.2) is 18.2 Å². The van der Waals surface area contributed by atoms with Gasteiger partial charge < -0.3 is 10.4 Å². The fraction of sp³-hybridized carbons (Fsp3) is 0.364. The number of hydrogen-bond donors (Lipinski definition) is 2. The van der Waals surface area contributed by atoms with Gasteiger partial charge in [0.1, 0.15) is 0 Å². The molecule has 16 heavy (non-hydrogen) atoms. The number of rotatable bonds is 4. The number of halogens is 1. The Labute approximate surface area is 118 Å². The molecule has 1 aromatic rings. The molecule has 0 saturated heterocycles. The minimum atomic E-state index is -0.491. The van der Waals surface area contributed by atoms with Gasteiger partial charge in [0, 0.05) is 49.4 Å². The molecule has 0 aliphatic heterocycles. The molecule has 0 aromatic heterocycles.